The molecule has 10 aromatic carbocycles. The fraction of sp³-hybridized carbons (Fsp3) is 0. The van der Waals surface area contributed by atoms with E-state index in [1.54, 1.807) is 0 Å². The lowest BCUT2D eigenvalue weighted by atomic mass is 9.93. The molecule has 0 unspecified atom stereocenters. The van der Waals surface area contributed by atoms with Crippen LogP contribution in [0.15, 0.2) is 285 Å². The highest BCUT2D eigenvalue weighted by molar-refractivity contribution is 6.05. The molecule has 0 aliphatic carbocycles. The zero-order chi connectivity index (χ0) is 53.2. The van der Waals surface area contributed by atoms with E-state index in [1.807, 2.05) is 140 Å². The Labute approximate surface area is 463 Å². The second-order valence-corrected chi connectivity index (χ2v) is 19.3. The van der Waals surface area contributed by atoms with E-state index in [9.17, 15) is 0 Å². The van der Waals surface area contributed by atoms with Crippen molar-refractivity contribution < 1.29 is 0 Å². The summed E-state index contributed by atoms with van der Waals surface area (Å²) >= 11 is 0. The number of rotatable bonds is 11. The minimum absolute atomic E-state index is 0.502. The molecule has 0 amide bonds. The Morgan fingerprint density at radius 1 is 0.188 bits per heavy atom. The van der Waals surface area contributed by atoms with Gasteiger partial charge in [-0.1, -0.05) is 237 Å². The first-order valence-electron chi connectivity index (χ1n) is 26.6. The number of anilines is 6. The Morgan fingerprint density at radius 3 is 0.875 bits per heavy atom. The maximum Gasteiger partial charge on any atom is 0.235 e. The van der Waals surface area contributed by atoms with Gasteiger partial charge in [-0.05, 0) is 59.7 Å². The molecule has 0 radical (unpaired) electrons. The summed E-state index contributed by atoms with van der Waals surface area (Å²) in [6.07, 6.45) is 0. The normalized spacial score (nSPS) is 11.7. The van der Waals surface area contributed by atoms with E-state index < -0.39 is 0 Å². The van der Waals surface area contributed by atoms with Gasteiger partial charge in [-0.3, -0.25) is 4.90 Å². The molecule has 1 aliphatic heterocycles. The molecule has 1 aliphatic rings. The van der Waals surface area contributed by atoms with Crippen molar-refractivity contribution in [2.75, 3.05) is 9.80 Å². The highest BCUT2D eigenvalue weighted by Gasteiger charge is 2.35. The van der Waals surface area contributed by atoms with E-state index in [-0.39, 0.29) is 0 Å². The Morgan fingerprint density at radius 2 is 0.487 bits per heavy atom. The van der Waals surface area contributed by atoms with Crippen molar-refractivity contribution in [1.29, 1.82) is 0 Å². The summed E-state index contributed by atoms with van der Waals surface area (Å²) in [4.78, 5) is 42.3. The lowest BCUT2D eigenvalue weighted by Gasteiger charge is -2.40. The Balaban J connectivity index is 1.07. The highest BCUT2D eigenvalue weighted by Crippen LogP contribution is 2.56. The van der Waals surface area contributed by atoms with Crippen LogP contribution in [-0.2, 0) is 0 Å². The van der Waals surface area contributed by atoms with Crippen LogP contribution < -0.4 is 9.80 Å². The minimum Gasteiger partial charge on any atom is -0.306 e. The summed E-state index contributed by atoms with van der Waals surface area (Å²) in [6.45, 7) is 0. The van der Waals surface area contributed by atoms with Crippen LogP contribution in [0.1, 0.15) is 0 Å². The Hall–Kier alpha value is -11.0. The molecule has 9 heteroatoms. The van der Waals surface area contributed by atoms with Crippen LogP contribution in [0.4, 0.5) is 34.4 Å². The maximum atomic E-state index is 5.55. The van der Waals surface area contributed by atoms with Crippen molar-refractivity contribution in [1.82, 2.24) is 34.9 Å². The predicted molar refractivity (Wildman–Crippen MR) is 323 cm³/mol. The first kappa shape index (κ1) is 47.4. The smallest absolute Gasteiger partial charge is 0.235 e. The van der Waals surface area contributed by atoms with E-state index in [1.165, 1.54) is 0 Å². The molecule has 13 aromatic rings. The summed E-state index contributed by atoms with van der Waals surface area (Å²) in [7, 11) is 0. The molecule has 376 valence electrons. The fourth-order valence-corrected chi connectivity index (χ4v) is 10.5. The first-order valence-corrected chi connectivity index (χ1v) is 26.6. The summed E-state index contributed by atoms with van der Waals surface area (Å²) < 4.78 is 0. The molecule has 80 heavy (non-hydrogen) atoms. The van der Waals surface area contributed by atoms with Crippen molar-refractivity contribution in [3.8, 4) is 102 Å². The van der Waals surface area contributed by atoms with Crippen molar-refractivity contribution in [2.24, 2.45) is 0 Å². The third-order valence-corrected chi connectivity index (χ3v) is 14.3. The van der Waals surface area contributed by atoms with Gasteiger partial charge in [0.1, 0.15) is 0 Å². The molecule has 4 heterocycles. The molecule has 0 fully saturated rings. The third-order valence-electron chi connectivity index (χ3n) is 14.3. The van der Waals surface area contributed by atoms with Crippen LogP contribution in [0.25, 0.3) is 102 Å². The predicted octanol–water partition coefficient (Wildman–Crippen LogP) is 17.7. The highest BCUT2D eigenvalue weighted by atomic mass is 15.3. The average Bonchev–Trinajstić information content (AvgIpc) is 3.63. The average molecular weight is 1030 g/mol. The van der Waals surface area contributed by atoms with Crippen LogP contribution in [-0.4, -0.2) is 34.9 Å². The lowest BCUT2D eigenvalue weighted by Crippen LogP contribution is -2.26. The standard InChI is InChI=1S/C71H47N9/c1-8-26-48(27-9-1)55-45-66(79-62-40-22-24-42-64(62)80(65-43-25-23-41-63(65)79)71-74-60(51-32-14-4-15-33-51)47-61(75-71)52-34-16-5-17-35-52)57(70-72-58(49-28-10-2-11-29-49)46-59(73-70)50-30-12-3-13-31-50)44-56(55)69-77-67(53-36-18-6-19-37-53)76-68(78-69)54-38-20-7-21-39-54/h1-47H. The zero-order valence-corrected chi connectivity index (χ0v) is 43.2. The van der Waals surface area contributed by atoms with E-state index in [0.29, 0.717) is 29.2 Å². The number of hydrogen-bond donors (Lipinski definition) is 0. The van der Waals surface area contributed by atoms with Gasteiger partial charge in [0.05, 0.1) is 51.2 Å². The molecule has 9 nitrogen and oxygen atoms in total. The number of hydrogen-bond acceptors (Lipinski definition) is 9. The van der Waals surface area contributed by atoms with Gasteiger partial charge in [0.25, 0.3) is 0 Å². The van der Waals surface area contributed by atoms with Crippen molar-refractivity contribution >= 4 is 34.4 Å². The van der Waals surface area contributed by atoms with Crippen LogP contribution in [0.5, 0.6) is 0 Å². The lowest BCUT2D eigenvalue weighted by molar-refractivity contribution is 1.06. The first-order chi connectivity index (χ1) is 39.7. The maximum absolute atomic E-state index is 5.55. The Kier molecular flexibility index (Phi) is 12.3. The second kappa shape index (κ2) is 20.8. The van der Waals surface area contributed by atoms with Crippen LogP contribution >= 0.6 is 0 Å². The van der Waals surface area contributed by atoms with E-state index in [2.05, 4.69) is 155 Å². The van der Waals surface area contributed by atoms with Gasteiger partial charge in [-0.15, -0.1) is 0 Å². The van der Waals surface area contributed by atoms with Gasteiger partial charge < -0.3 is 4.90 Å². The number of fused-ring (bicyclic) bond motifs is 2. The molecule has 0 saturated heterocycles. The van der Waals surface area contributed by atoms with Gasteiger partial charge >= 0.3 is 0 Å². The largest absolute Gasteiger partial charge is 0.306 e. The molecule has 0 bridgehead atoms. The van der Waals surface area contributed by atoms with Crippen molar-refractivity contribution in [3.63, 3.8) is 0 Å². The summed E-state index contributed by atoms with van der Waals surface area (Å²) in [6, 6.07) is 97.4. The summed E-state index contributed by atoms with van der Waals surface area (Å²) in [5.41, 5.74) is 16.6. The van der Waals surface area contributed by atoms with Gasteiger partial charge in [0, 0.05) is 44.5 Å². The van der Waals surface area contributed by atoms with Crippen LogP contribution in [0.3, 0.4) is 0 Å². The Bertz CT molecular complexity index is 4120. The van der Waals surface area contributed by atoms with Crippen molar-refractivity contribution in [3.05, 3.63) is 285 Å². The van der Waals surface area contributed by atoms with Crippen molar-refractivity contribution in [2.45, 2.75) is 0 Å². The number of nitrogens with zero attached hydrogens (tertiary/aromatic N) is 9. The van der Waals surface area contributed by atoms with Gasteiger partial charge in [0.2, 0.25) is 5.95 Å². The molecule has 14 rings (SSSR count). The van der Waals surface area contributed by atoms with E-state index >= 15 is 0 Å². The fourth-order valence-electron chi connectivity index (χ4n) is 10.5. The topological polar surface area (TPSA) is 96.7 Å². The number of benzene rings is 10. The van der Waals surface area contributed by atoms with Crippen LogP contribution in [0.2, 0.25) is 0 Å². The molecular weight excluding hydrogens is 979 g/mol. The molecule has 0 atom stereocenters. The quantitative estimate of drug-likeness (QED) is 0.125. The van der Waals surface area contributed by atoms with E-state index in [4.69, 9.17) is 34.9 Å². The van der Waals surface area contributed by atoms with E-state index in [0.717, 1.165) is 107 Å². The van der Waals surface area contributed by atoms with Gasteiger partial charge in [0.15, 0.2) is 23.3 Å². The zero-order valence-electron chi connectivity index (χ0n) is 43.2. The molecular formula is C71H47N9. The third kappa shape index (κ3) is 9.10. The summed E-state index contributed by atoms with van der Waals surface area (Å²) in [5.74, 6) is 2.67. The molecule has 0 spiro atoms. The molecule has 3 aromatic heterocycles. The van der Waals surface area contributed by atoms with Gasteiger partial charge in [-0.2, -0.15) is 0 Å². The van der Waals surface area contributed by atoms with Gasteiger partial charge in [-0.25, -0.2) is 34.9 Å². The molecule has 0 saturated carbocycles. The van der Waals surface area contributed by atoms with Crippen LogP contribution in [0, 0.1) is 0 Å². The minimum atomic E-state index is 0.502. The monoisotopic (exact) mass is 1030 g/mol. The number of aromatic nitrogens is 7. The SMILES string of the molecule is c1ccc(-c2cc(-c3ccccc3)nc(-c3cc(-c4nc(-c5ccccc5)nc(-c5ccccc5)n4)c(-c4ccccc4)cc3N3c4ccccc4N(c4nc(-c5ccccc5)cc(-c5ccccc5)n4)c4ccccc43)n2)cc1. The number of para-hydroxylation sites is 4. The molecule has 0 N–H and O–H groups in total. The second-order valence-electron chi connectivity index (χ2n) is 19.3. The summed E-state index contributed by atoms with van der Waals surface area (Å²) in [5, 5.41) is 0.